The van der Waals surface area contributed by atoms with E-state index in [-0.39, 0.29) is 0 Å². The third-order valence-electron chi connectivity index (χ3n) is 4.24. The van der Waals surface area contributed by atoms with Crippen LogP contribution in [0, 0.1) is 11.8 Å². The number of thiazole rings is 1. The van der Waals surface area contributed by atoms with Gasteiger partial charge < -0.3 is 4.90 Å². The summed E-state index contributed by atoms with van der Waals surface area (Å²) in [5.74, 6) is 2.38. The van der Waals surface area contributed by atoms with E-state index in [9.17, 15) is 0 Å². The summed E-state index contributed by atoms with van der Waals surface area (Å²) in [7, 11) is 0. The van der Waals surface area contributed by atoms with Gasteiger partial charge in [-0.05, 0) is 17.9 Å². The van der Waals surface area contributed by atoms with Crippen molar-refractivity contribution in [2.24, 2.45) is 11.8 Å². The van der Waals surface area contributed by atoms with Crippen LogP contribution in [0.15, 0.2) is 30.0 Å². The van der Waals surface area contributed by atoms with Crippen molar-refractivity contribution in [3.8, 4) is 0 Å². The first-order chi connectivity index (χ1) is 9.88. The fourth-order valence-electron chi connectivity index (χ4n) is 3.36. The van der Waals surface area contributed by atoms with Gasteiger partial charge >= 0.3 is 0 Å². The molecule has 0 aromatic carbocycles. The molecule has 2 aromatic heterocycles. The maximum Gasteiger partial charge on any atom is 0.225 e. The lowest BCUT2D eigenvalue weighted by molar-refractivity contribution is 0.308. The lowest BCUT2D eigenvalue weighted by Crippen LogP contribution is -2.29. The maximum atomic E-state index is 4.38. The molecule has 5 nitrogen and oxygen atoms in total. The van der Waals surface area contributed by atoms with E-state index in [1.54, 1.807) is 11.3 Å². The number of fused-ring (bicyclic) bond motifs is 1. The normalized spacial score (nSPS) is 26.1. The topological polar surface area (TPSA) is 45.2 Å². The predicted molar refractivity (Wildman–Crippen MR) is 78.6 cm³/mol. The molecule has 2 aliphatic rings. The summed E-state index contributed by atoms with van der Waals surface area (Å²) >= 11 is 1.75. The molecule has 0 saturated carbocycles. The molecule has 2 fully saturated rings. The van der Waals surface area contributed by atoms with Gasteiger partial charge in [0.2, 0.25) is 5.95 Å². The Balaban J connectivity index is 1.38. The van der Waals surface area contributed by atoms with Crippen molar-refractivity contribution < 1.29 is 0 Å². The Morgan fingerprint density at radius 2 is 1.75 bits per heavy atom. The molecule has 4 rings (SSSR count). The molecular formula is C14H17N5S. The van der Waals surface area contributed by atoms with Gasteiger partial charge in [0.15, 0.2) is 0 Å². The van der Waals surface area contributed by atoms with Crippen LogP contribution in [0.5, 0.6) is 0 Å². The minimum absolute atomic E-state index is 0.749. The molecule has 0 amide bonds. The second-order valence-corrected chi connectivity index (χ2v) is 6.57. The molecule has 0 unspecified atom stereocenters. The molecule has 4 heterocycles. The smallest absolute Gasteiger partial charge is 0.225 e. The van der Waals surface area contributed by atoms with Crippen molar-refractivity contribution in [1.82, 2.24) is 19.9 Å². The van der Waals surface area contributed by atoms with Crippen molar-refractivity contribution >= 4 is 17.3 Å². The van der Waals surface area contributed by atoms with Gasteiger partial charge in [-0.25, -0.2) is 15.0 Å². The van der Waals surface area contributed by atoms with Gasteiger partial charge in [0.1, 0.15) is 5.01 Å². The van der Waals surface area contributed by atoms with Crippen molar-refractivity contribution in [3.63, 3.8) is 0 Å². The molecule has 0 radical (unpaired) electrons. The Bertz CT molecular complexity index is 544. The average Bonchev–Trinajstić information content (AvgIpc) is 3.16. The van der Waals surface area contributed by atoms with Crippen molar-refractivity contribution in [3.05, 3.63) is 35.0 Å². The van der Waals surface area contributed by atoms with Crippen molar-refractivity contribution in [2.75, 3.05) is 31.1 Å². The van der Waals surface area contributed by atoms with Gasteiger partial charge in [-0.3, -0.25) is 4.90 Å². The van der Waals surface area contributed by atoms with Crippen LogP contribution in [0.2, 0.25) is 0 Å². The van der Waals surface area contributed by atoms with Crippen LogP contribution >= 0.6 is 11.3 Å². The molecule has 6 heteroatoms. The fraction of sp³-hybridized carbons (Fsp3) is 0.500. The minimum atomic E-state index is 0.749. The lowest BCUT2D eigenvalue weighted by Gasteiger charge is -2.20. The van der Waals surface area contributed by atoms with E-state index in [1.807, 2.05) is 24.7 Å². The predicted octanol–water partition coefficient (Wildman–Crippen LogP) is 1.50. The fourth-order valence-corrected chi connectivity index (χ4v) is 4.02. The second-order valence-electron chi connectivity index (χ2n) is 5.59. The highest BCUT2D eigenvalue weighted by molar-refractivity contribution is 7.09. The summed E-state index contributed by atoms with van der Waals surface area (Å²) in [5, 5.41) is 3.29. The Labute approximate surface area is 122 Å². The molecular weight excluding hydrogens is 270 g/mol. The number of rotatable bonds is 3. The summed E-state index contributed by atoms with van der Waals surface area (Å²) < 4.78 is 0. The van der Waals surface area contributed by atoms with Crippen LogP contribution in [-0.2, 0) is 6.54 Å². The van der Waals surface area contributed by atoms with Gasteiger partial charge in [-0.1, -0.05) is 0 Å². The SMILES string of the molecule is c1cnc(N2C[C@H]3CN(Cc4nccs4)C[C@@H]3C2)nc1. The summed E-state index contributed by atoms with van der Waals surface area (Å²) in [6.45, 7) is 5.53. The van der Waals surface area contributed by atoms with Crippen LogP contribution in [-0.4, -0.2) is 46.0 Å². The second kappa shape index (κ2) is 5.10. The van der Waals surface area contributed by atoms with E-state index >= 15 is 0 Å². The molecule has 2 aromatic rings. The molecule has 2 aliphatic heterocycles. The molecule has 0 spiro atoms. The van der Waals surface area contributed by atoms with E-state index in [0.29, 0.717) is 0 Å². The maximum absolute atomic E-state index is 4.38. The van der Waals surface area contributed by atoms with Crippen LogP contribution in [0.4, 0.5) is 5.95 Å². The Kier molecular flexibility index (Phi) is 3.12. The van der Waals surface area contributed by atoms with Gasteiger partial charge in [0, 0.05) is 50.1 Å². The third-order valence-corrected chi connectivity index (χ3v) is 5.00. The number of hydrogen-bond acceptors (Lipinski definition) is 6. The van der Waals surface area contributed by atoms with Crippen LogP contribution in [0.25, 0.3) is 0 Å². The van der Waals surface area contributed by atoms with Crippen LogP contribution in [0.1, 0.15) is 5.01 Å². The first-order valence-electron chi connectivity index (χ1n) is 7.01. The molecule has 0 bridgehead atoms. The number of nitrogens with zero attached hydrogens (tertiary/aromatic N) is 5. The van der Waals surface area contributed by atoms with Crippen molar-refractivity contribution in [1.29, 1.82) is 0 Å². The highest BCUT2D eigenvalue weighted by Crippen LogP contribution is 2.33. The Morgan fingerprint density at radius 3 is 2.40 bits per heavy atom. The minimum Gasteiger partial charge on any atom is -0.340 e. The summed E-state index contributed by atoms with van der Waals surface area (Å²) in [6, 6.07) is 1.87. The molecule has 0 N–H and O–H groups in total. The van der Waals surface area contributed by atoms with Gasteiger partial charge in [0.05, 0.1) is 6.54 Å². The molecule has 104 valence electrons. The molecule has 2 saturated heterocycles. The Morgan fingerprint density at radius 1 is 1.00 bits per heavy atom. The van der Waals surface area contributed by atoms with E-state index < -0.39 is 0 Å². The quantitative estimate of drug-likeness (QED) is 0.856. The largest absolute Gasteiger partial charge is 0.340 e. The molecule has 2 atom stereocenters. The van der Waals surface area contributed by atoms with Gasteiger partial charge in [-0.15, -0.1) is 11.3 Å². The standard InChI is InChI=1S/C14H17N5S/c1-2-16-14(17-3-1)19-8-11-6-18(7-12(11)9-19)10-13-15-4-5-20-13/h1-5,11-12H,6-10H2/t11-,12-/m1/s1. The Hall–Kier alpha value is -1.53. The zero-order valence-electron chi connectivity index (χ0n) is 11.2. The van der Waals surface area contributed by atoms with Gasteiger partial charge in [0.25, 0.3) is 0 Å². The third kappa shape index (κ3) is 2.29. The summed E-state index contributed by atoms with van der Waals surface area (Å²) in [6.07, 6.45) is 5.54. The highest BCUT2D eigenvalue weighted by Gasteiger charge is 2.40. The van der Waals surface area contributed by atoms with Crippen LogP contribution < -0.4 is 4.90 Å². The highest BCUT2D eigenvalue weighted by atomic mass is 32.1. The first kappa shape index (κ1) is 12.2. The number of aromatic nitrogens is 3. The van der Waals surface area contributed by atoms with Crippen molar-refractivity contribution in [2.45, 2.75) is 6.54 Å². The first-order valence-corrected chi connectivity index (χ1v) is 7.89. The van der Waals surface area contributed by atoms with E-state index in [0.717, 1.165) is 37.4 Å². The van der Waals surface area contributed by atoms with Crippen LogP contribution in [0.3, 0.4) is 0 Å². The van der Waals surface area contributed by atoms with E-state index in [4.69, 9.17) is 0 Å². The average molecular weight is 287 g/mol. The molecule has 0 aliphatic carbocycles. The molecule has 20 heavy (non-hydrogen) atoms. The summed E-state index contributed by atoms with van der Waals surface area (Å²) in [5.41, 5.74) is 0. The van der Waals surface area contributed by atoms with E-state index in [1.165, 1.54) is 18.1 Å². The van der Waals surface area contributed by atoms with Gasteiger partial charge in [-0.2, -0.15) is 0 Å². The van der Waals surface area contributed by atoms with E-state index in [2.05, 4.69) is 30.1 Å². The lowest BCUT2D eigenvalue weighted by atomic mass is 10.0. The monoisotopic (exact) mass is 287 g/mol. The zero-order valence-corrected chi connectivity index (χ0v) is 12.0. The zero-order chi connectivity index (χ0) is 13.4. The summed E-state index contributed by atoms with van der Waals surface area (Å²) in [4.78, 5) is 18.0. The number of hydrogen-bond donors (Lipinski definition) is 0. The number of anilines is 1. The number of likely N-dealkylation sites (tertiary alicyclic amines) is 1.